The van der Waals surface area contributed by atoms with E-state index in [1.165, 1.54) is 5.56 Å². The van der Waals surface area contributed by atoms with E-state index in [9.17, 15) is 4.79 Å². The Balaban J connectivity index is 1.57. The highest BCUT2D eigenvalue weighted by atomic mass is 16.5. The molecule has 6 heteroatoms. The molecule has 0 aliphatic carbocycles. The standard InChI is InChI=1S/C18H20N4O2/c1-3-14-7-9-15(10-8-14)24-12-17(23)19-13(2)18-21-20-16-6-4-5-11-22(16)18/h4-11,13H,3,12H2,1-2H3,(H,19,23). The SMILES string of the molecule is CCc1ccc(OCC(=O)NC(C)c2nnc3ccccn23)cc1. The summed E-state index contributed by atoms with van der Waals surface area (Å²) in [7, 11) is 0. The van der Waals surface area contributed by atoms with Crippen LogP contribution in [0.3, 0.4) is 0 Å². The topological polar surface area (TPSA) is 68.5 Å². The van der Waals surface area contributed by atoms with Crippen molar-refractivity contribution in [2.45, 2.75) is 26.3 Å². The monoisotopic (exact) mass is 324 g/mol. The first-order valence-electron chi connectivity index (χ1n) is 7.98. The molecule has 1 unspecified atom stereocenters. The number of carbonyl (C=O) groups is 1. The zero-order valence-corrected chi connectivity index (χ0v) is 13.8. The van der Waals surface area contributed by atoms with E-state index in [1.807, 2.05) is 60.0 Å². The molecule has 1 aromatic carbocycles. The Morgan fingerprint density at radius 2 is 2.00 bits per heavy atom. The molecule has 24 heavy (non-hydrogen) atoms. The number of pyridine rings is 1. The highest BCUT2D eigenvalue weighted by molar-refractivity contribution is 5.77. The summed E-state index contributed by atoms with van der Waals surface area (Å²) in [6.07, 6.45) is 2.85. The Morgan fingerprint density at radius 3 is 2.75 bits per heavy atom. The number of hydrogen-bond acceptors (Lipinski definition) is 4. The number of hydrogen-bond donors (Lipinski definition) is 1. The smallest absolute Gasteiger partial charge is 0.258 e. The average molecular weight is 324 g/mol. The maximum Gasteiger partial charge on any atom is 0.258 e. The highest BCUT2D eigenvalue weighted by Crippen LogP contribution is 2.13. The molecule has 1 N–H and O–H groups in total. The number of fused-ring (bicyclic) bond motifs is 1. The van der Waals surface area contributed by atoms with E-state index in [0.29, 0.717) is 11.6 Å². The summed E-state index contributed by atoms with van der Waals surface area (Å²) in [5.41, 5.74) is 1.99. The molecule has 1 amide bonds. The summed E-state index contributed by atoms with van der Waals surface area (Å²) in [5, 5.41) is 11.1. The molecule has 124 valence electrons. The number of aryl methyl sites for hydroxylation is 1. The van der Waals surface area contributed by atoms with Crippen LogP contribution in [0.25, 0.3) is 5.65 Å². The van der Waals surface area contributed by atoms with Crippen LogP contribution in [0.15, 0.2) is 48.7 Å². The van der Waals surface area contributed by atoms with Crippen LogP contribution >= 0.6 is 0 Å². The van der Waals surface area contributed by atoms with Gasteiger partial charge in [-0.2, -0.15) is 0 Å². The van der Waals surface area contributed by atoms with Crippen LogP contribution in [0.2, 0.25) is 0 Å². The van der Waals surface area contributed by atoms with E-state index >= 15 is 0 Å². The van der Waals surface area contributed by atoms with Crippen molar-refractivity contribution in [3.63, 3.8) is 0 Å². The first-order valence-corrected chi connectivity index (χ1v) is 7.98. The normalized spacial score (nSPS) is 12.1. The van der Waals surface area contributed by atoms with Crippen LogP contribution < -0.4 is 10.1 Å². The molecule has 0 radical (unpaired) electrons. The number of benzene rings is 1. The summed E-state index contributed by atoms with van der Waals surface area (Å²) in [4.78, 5) is 12.1. The lowest BCUT2D eigenvalue weighted by Crippen LogP contribution is -2.32. The summed E-state index contributed by atoms with van der Waals surface area (Å²) in [6.45, 7) is 3.93. The van der Waals surface area contributed by atoms with E-state index in [2.05, 4.69) is 22.4 Å². The fourth-order valence-electron chi connectivity index (χ4n) is 2.47. The van der Waals surface area contributed by atoms with Crippen molar-refractivity contribution in [1.29, 1.82) is 0 Å². The minimum Gasteiger partial charge on any atom is -0.484 e. The van der Waals surface area contributed by atoms with Crippen LogP contribution in [-0.4, -0.2) is 27.1 Å². The van der Waals surface area contributed by atoms with Gasteiger partial charge in [-0.05, 0) is 43.2 Å². The molecule has 3 rings (SSSR count). The van der Waals surface area contributed by atoms with Crippen LogP contribution in [0.5, 0.6) is 5.75 Å². The Hall–Kier alpha value is -2.89. The molecular weight excluding hydrogens is 304 g/mol. The van der Waals surface area contributed by atoms with Gasteiger partial charge >= 0.3 is 0 Å². The second-order valence-corrected chi connectivity index (χ2v) is 5.56. The van der Waals surface area contributed by atoms with Crippen LogP contribution in [0.1, 0.15) is 31.3 Å². The largest absolute Gasteiger partial charge is 0.484 e. The van der Waals surface area contributed by atoms with Gasteiger partial charge in [0.05, 0.1) is 6.04 Å². The van der Waals surface area contributed by atoms with Crippen molar-refractivity contribution in [1.82, 2.24) is 19.9 Å². The lowest BCUT2D eigenvalue weighted by atomic mass is 10.2. The van der Waals surface area contributed by atoms with Crippen molar-refractivity contribution < 1.29 is 9.53 Å². The maximum atomic E-state index is 12.1. The van der Waals surface area contributed by atoms with E-state index in [4.69, 9.17) is 4.74 Å². The van der Waals surface area contributed by atoms with E-state index in [0.717, 1.165) is 12.1 Å². The Labute approximate surface area is 140 Å². The van der Waals surface area contributed by atoms with Gasteiger partial charge in [-0.3, -0.25) is 9.20 Å². The quantitative estimate of drug-likeness (QED) is 0.756. The predicted octanol–water partition coefficient (Wildman–Crippen LogP) is 2.55. The Kier molecular flexibility index (Phi) is 4.74. The van der Waals surface area contributed by atoms with Gasteiger partial charge in [-0.25, -0.2) is 0 Å². The third-order valence-electron chi connectivity index (χ3n) is 3.81. The number of carbonyl (C=O) groups excluding carboxylic acids is 1. The summed E-state index contributed by atoms with van der Waals surface area (Å²) >= 11 is 0. The molecule has 0 aliphatic rings. The first-order chi connectivity index (χ1) is 11.7. The van der Waals surface area contributed by atoms with E-state index in [1.54, 1.807) is 0 Å². The van der Waals surface area contributed by atoms with E-state index < -0.39 is 0 Å². The number of nitrogens with zero attached hydrogens (tertiary/aromatic N) is 3. The third kappa shape index (κ3) is 3.53. The Morgan fingerprint density at radius 1 is 1.21 bits per heavy atom. The fourth-order valence-corrected chi connectivity index (χ4v) is 2.47. The van der Waals surface area contributed by atoms with Gasteiger partial charge in [0.2, 0.25) is 0 Å². The average Bonchev–Trinajstić information content (AvgIpc) is 3.04. The number of rotatable bonds is 6. The molecule has 2 aromatic heterocycles. The molecule has 0 spiro atoms. The van der Waals surface area contributed by atoms with Crippen LogP contribution in [-0.2, 0) is 11.2 Å². The second-order valence-electron chi connectivity index (χ2n) is 5.56. The molecule has 0 saturated heterocycles. The van der Waals surface area contributed by atoms with Crippen molar-refractivity contribution in [3.8, 4) is 5.75 Å². The molecule has 3 aromatic rings. The summed E-state index contributed by atoms with van der Waals surface area (Å²) in [5.74, 6) is 1.17. The molecule has 0 bridgehead atoms. The number of nitrogens with one attached hydrogen (secondary N) is 1. The fraction of sp³-hybridized carbons (Fsp3) is 0.278. The van der Waals surface area contributed by atoms with Gasteiger partial charge in [0.15, 0.2) is 18.1 Å². The van der Waals surface area contributed by atoms with Gasteiger partial charge in [0.1, 0.15) is 5.75 Å². The van der Waals surface area contributed by atoms with Gasteiger partial charge in [0.25, 0.3) is 5.91 Å². The lowest BCUT2D eigenvalue weighted by molar-refractivity contribution is -0.123. The second kappa shape index (κ2) is 7.12. The lowest BCUT2D eigenvalue weighted by Gasteiger charge is -2.13. The van der Waals surface area contributed by atoms with Crippen molar-refractivity contribution in [3.05, 3.63) is 60.0 Å². The summed E-state index contributed by atoms with van der Waals surface area (Å²) in [6, 6.07) is 13.2. The summed E-state index contributed by atoms with van der Waals surface area (Å²) < 4.78 is 7.37. The molecular formula is C18H20N4O2. The number of ether oxygens (including phenoxy) is 1. The van der Waals surface area contributed by atoms with Crippen molar-refractivity contribution in [2.24, 2.45) is 0 Å². The predicted molar refractivity (Wildman–Crippen MR) is 90.9 cm³/mol. The van der Waals surface area contributed by atoms with Crippen molar-refractivity contribution in [2.75, 3.05) is 6.61 Å². The number of aromatic nitrogens is 3. The molecule has 0 fully saturated rings. The number of amides is 1. The highest BCUT2D eigenvalue weighted by Gasteiger charge is 2.15. The third-order valence-corrected chi connectivity index (χ3v) is 3.81. The zero-order chi connectivity index (χ0) is 16.9. The molecule has 2 heterocycles. The molecule has 0 saturated carbocycles. The first kappa shape index (κ1) is 16.0. The van der Waals surface area contributed by atoms with Gasteiger partial charge in [-0.1, -0.05) is 25.1 Å². The maximum absolute atomic E-state index is 12.1. The molecule has 6 nitrogen and oxygen atoms in total. The molecule has 0 aliphatic heterocycles. The molecule has 1 atom stereocenters. The zero-order valence-electron chi connectivity index (χ0n) is 13.8. The van der Waals surface area contributed by atoms with Crippen molar-refractivity contribution >= 4 is 11.6 Å². The van der Waals surface area contributed by atoms with Gasteiger partial charge in [-0.15, -0.1) is 10.2 Å². The minimum absolute atomic E-state index is 0.0352. The minimum atomic E-state index is -0.263. The Bertz CT molecular complexity index is 826. The van der Waals surface area contributed by atoms with Crippen LogP contribution in [0, 0.1) is 0 Å². The van der Waals surface area contributed by atoms with Crippen LogP contribution in [0.4, 0.5) is 0 Å². The van der Waals surface area contributed by atoms with Gasteiger partial charge in [0, 0.05) is 6.20 Å². The van der Waals surface area contributed by atoms with Gasteiger partial charge < -0.3 is 10.1 Å². The van der Waals surface area contributed by atoms with E-state index in [-0.39, 0.29) is 18.6 Å².